The number of amides is 2. The lowest BCUT2D eigenvalue weighted by molar-refractivity contribution is -0.143. The van der Waals surface area contributed by atoms with E-state index < -0.39 is 11.9 Å². The number of carboxylic acid groups (broad SMARTS) is 1. The molecule has 2 rings (SSSR count). The van der Waals surface area contributed by atoms with Crippen LogP contribution in [0.4, 0.5) is 4.79 Å². The van der Waals surface area contributed by atoms with Crippen molar-refractivity contribution in [3.05, 3.63) is 29.8 Å². The van der Waals surface area contributed by atoms with Crippen molar-refractivity contribution in [2.45, 2.75) is 26.8 Å². The number of hydrogen-bond acceptors (Lipinski definition) is 3. The van der Waals surface area contributed by atoms with E-state index in [9.17, 15) is 14.7 Å². The van der Waals surface area contributed by atoms with Gasteiger partial charge in [-0.1, -0.05) is 19.1 Å². The molecule has 1 saturated heterocycles. The molecule has 23 heavy (non-hydrogen) atoms. The van der Waals surface area contributed by atoms with E-state index in [0.29, 0.717) is 26.1 Å². The third-order valence-corrected chi connectivity index (χ3v) is 3.95. The van der Waals surface area contributed by atoms with Crippen molar-refractivity contribution in [3.8, 4) is 5.75 Å². The van der Waals surface area contributed by atoms with E-state index in [4.69, 9.17) is 4.74 Å². The number of nitrogens with zero attached hydrogens (tertiary/aromatic N) is 1. The highest BCUT2D eigenvalue weighted by Crippen LogP contribution is 2.22. The summed E-state index contributed by atoms with van der Waals surface area (Å²) in [5.41, 5.74) is 0.948. The highest BCUT2D eigenvalue weighted by atomic mass is 16.5. The molecule has 1 heterocycles. The molecular weight excluding hydrogens is 296 g/mol. The van der Waals surface area contributed by atoms with Crippen molar-refractivity contribution in [1.29, 1.82) is 0 Å². The zero-order chi connectivity index (χ0) is 16.8. The van der Waals surface area contributed by atoms with Gasteiger partial charge in [-0.05, 0) is 37.0 Å². The van der Waals surface area contributed by atoms with Gasteiger partial charge in [0.05, 0.1) is 12.5 Å². The first-order valence-electron chi connectivity index (χ1n) is 7.97. The third-order valence-electron chi connectivity index (χ3n) is 3.95. The molecule has 2 N–H and O–H groups in total. The van der Waals surface area contributed by atoms with Crippen molar-refractivity contribution < 1.29 is 19.4 Å². The van der Waals surface area contributed by atoms with Gasteiger partial charge in [-0.15, -0.1) is 0 Å². The molecule has 2 unspecified atom stereocenters. The van der Waals surface area contributed by atoms with Gasteiger partial charge in [0.1, 0.15) is 5.75 Å². The fourth-order valence-electron chi connectivity index (χ4n) is 2.90. The Hall–Kier alpha value is -2.24. The molecule has 1 aromatic carbocycles. The van der Waals surface area contributed by atoms with Crippen LogP contribution < -0.4 is 10.1 Å². The zero-order valence-electron chi connectivity index (χ0n) is 13.6. The largest absolute Gasteiger partial charge is 0.494 e. The number of aliphatic carboxylic acids is 1. The van der Waals surface area contributed by atoms with E-state index in [2.05, 4.69) is 5.32 Å². The SMILES string of the molecule is CCOc1cccc(CNC(=O)N2CC(C)CC(C(=O)O)C2)c1. The molecule has 1 aliphatic rings. The molecule has 2 amide bonds. The van der Waals surface area contributed by atoms with E-state index in [0.717, 1.165) is 11.3 Å². The fraction of sp³-hybridized carbons (Fsp3) is 0.529. The Balaban J connectivity index is 1.91. The quantitative estimate of drug-likeness (QED) is 0.873. The van der Waals surface area contributed by atoms with Crippen LogP contribution in [-0.2, 0) is 11.3 Å². The smallest absolute Gasteiger partial charge is 0.317 e. The van der Waals surface area contributed by atoms with Gasteiger partial charge in [0.25, 0.3) is 0 Å². The van der Waals surface area contributed by atoms with Gasteiger partial charge in [0.2, 0.25) is 0 Å². The molecule has 2 atom stereocenters. The lowest BCUT2D eigenvalue weighted by atomic mass is 9.91. The maximum Gasteiger partial charge on any atom is 0.317 e. The Morgan fingerprint density at radius 2 is 2.17 bits per heavy atom. The first kappa shape index (κ1) is 17.1. The standard InChI is InChI=1S/C17H24N2O4/c1-3-23-15-6-4-5-13(8-15)9-18-17(22)19-10-12(2)7-14(11-19)16(20)21/h4-6,8,12,14H,3,7,9-11H2,1-2H3,(H,18,22)(H,20,21). The Kier molecular flexibility index (Phi) is 5.84. The second-order valence-electron chi connectivity index (χ2n) is 6.02. The number of carbonyl (C=O) groups excluding carboxylic acids is 1. The van der Waals surface area contributed by atoms with E-state index in [1.165, 1.54) is 0 Å². The number of piperidine rings is 1. The van der Waals surface area contributed by atoms with E-state index >= 15 is 0 Å². The number of carboxylic acids is 1. The predicted molar refractivity (Wildman–Crippen MR) is 86.3 cm³/mol. The Morgan fingerprint density at radius 1 is 1.39 bits per heavy atom. The number of benzene rings is 1. The van der Waals surface area contributed by atoms with E-state index in [1.807, 2.05) is 38.1 Å². The van der Waals surface area contributed by atoms with Gasteiger partial charge in [-0.25, -0.2) is 4.79 Å². The topological polar surface area (TPSA) is 78.9 Å². The molecule has 6 nitrogen and oxygen atoms in total. The van der Waals surface area contributed by atoms with Gasteiger partial charge in [0, 0.05) is 19.6 Å². The molecule has 1 aromatic rings. The molecular formula is C17H24N2O4. The van der Waals surface area contributed by atoms with Gasteiger partial charge >= 0.3 is 12.0 Å². The Bertz CT molecular complexity index is 561. The van der Waals surface area contributed by atoms with Crippen molar-refractivity contribution in [2.24, 2.45) is 11.8 Å². The molecule has 1 aliphatic heterocycles. The average Bonchev–Trinajstić information content (AvgIpc) is 2.52. The van der Waals surface area contributed by atoms with Crippen LogP contribution in [0, 0.1) is 11.8 Å². The molecule has 0 aliphatic carbocycles. The summed E-state index contributed by atoms with van der Waals surface area (Å²) in [6.07, 6.45) is 0.621. The summed E-state index contributed by atoms with van der Waals surface area (Å²) in [6, 6.07) is 7.35. The van der Waals surface area contributed by atoms with Crippen molar-refractivity contribution in [2.75, 3.05) is 19.7 Å². The highest BCUT2D eigenvalue weighted by Gasteiger charge is 2.31. The second-order valence-corrected chi connectivity index (χ2v) is 6.02. The number of likely N-dealkylation sites (tertiary alicyclic amines) is 1. The van der Waals surface area contributed by atoms with Crippen molar-refractivity contribution in [1.82, 2.24) is 10.2 Å². The first-order valence-corrected chi connectivity index (χ1v) is 7.97. The number of hydrogen-bond donors (Lipinski definition) is 2. The van der Waals surface area contributed by atoms with Crippen LogP contribution in [0.3, 0.4) is 0 Å². The number of urea groups is 1. The van der Waals surface area contributed by atoms with E-state index in [1.54, 1.807) is 4.90 Å². The fourth-order valence-corrected chi connectivity index (χ4v) is 2.90. The van der Waals surface area contributed by atoms with Crippen LogP contribution in [0.2, 0.25) is 0 Å². The Morgan fingerprint density at radius 3 is 2.87 bits per heavy atom. The summed E-state index contributed by atoms with van der Waals surface area (Å²) in [5, 5.41) is 12.0. The van der Waals surface area contributed by atoms with Crippen LogP contribution in [0.25, 0.3) is 0 Å². The lowest BCUT2D eigenvalue weighted by Gasteiger charge is -2.34. The van der Waals surface area contributed by atoms with E-state index in [-0.39, 0.29) is 18.5 Å². The summed E-state index contributed by atoms with van der Waals surface area (Å²) in [6.45, 7) is 5.74. The van der Waals surface area contributed by atoms with Crippen LogP contribution in [0.15, 0.2) is 24.3 Å². The van der Waals surface area contributed by atoms with Crippen LogP contribution >= 0.6 is 0 Å². The molecule has 0 aromatic heterocycles. The lowest BCUT2D eigenvalue weighted by Crippen LogP contribution is -2.49. The minimum atomic E-state index is -0.834. The molecule has 0 saturated carbocycles. The number of carbonyl (C=O) groups is 2. The minimum absolute atomic E-state index is 0.192. The number of nitrogens with one attached hydrogen (secondary N) is 1. The van der Waals surface area contributed by atoms with Crippen LogP contribution in [-0.4, -0.2) is 41.7 Å². The molecule has 0 radical (unpaired) electrons. The van der Waals surface area contributed by atoms with Crippen molar-refractivity contribution in [3.63, 3.8) is 0 Å². The van der Waals surface area contributed by atoms with Crippen molar-refractivity contribution >= 4 is 12.0 Å². The molecule has 0 bridgehead atoms. The van der Waals surface area contributed by atoms with Gasteiger partial charge in [0.15, 0.2) is 0 Å². The Labute approximate surface area is 136 Å². The maximum atomic E-state index is 12.3. The summed E-state index contributed by atoms with van der Waals surface area (Å²) >= 11 is 0. The van der Waals surface area contributed by atoms with Gasteiger partial charge in [-0.2, -0.15) is 0 Å². The zero-order valence-corrected chi connectivity index (χ0v) is 13.6. The predicted octanol–water partition coefficient (Wildman–Crippen LogP) is 2.34. The minimum Gasteiger partial charge on any atom is -0.494 e. The normalized spacial score (nSPS) is 20.9. The molecule has 6 heteroatoms. The number of ether oxygens (including phenoxy) is 1. The first-order chi connectivity index (χ1) is 11.0. The van der Waals surface area contributed by atoms with Gasteiger partial charge < -0.3 is 20.1 Å². The van der Waals surface area contributed by atoms with Crippen LogP contribution in [0.5, 0.6) is 5.75 Å². The van der Waals surface area contributed by atoms with Crippen LogP contribution in [0.1, 0.15) is 25.8 Å². The number of rotatable bonds is 5. The summed E-state index contributed by atoms with van der Waals surface area (Å²) in [7, 11) is 0. The monoisotopic (exact) mass is 320 g/mol. The maximum absolute atomic E-state index is 12.3. The summed E-state index contributed by atoms with van der Waals surface area (Å²) in [4.78, 5) is 25.1. The highest BCUT2D eigenvalue weighted by molar-refractivity contribution is 5.76. The summed E-state index contributed by atoms with van der Waals surface area (Å²) < 4.78 is 5.44. The molecule has 126 valence electrons. The summed E-state index contributed by atoms with van der Waals surface area (Å²) in [5.74, 6) is -0.349. The second kappa shape index (κ2) is 7.85. The van der Waals surface area contributed by atoms with Gasteiger partial charge in [-0.3, -0.25) is 4.79 Å². The molecule has 0 spiro atoms. The third kappa shape index (κ3) is 4.87. The average molecular weight is 320 g/mol. The molecule has 1 fully saturated rings.